The number of para-hydroxylation sites is 1. The maximum Gasteiger partial charge on any atom is 0.263 e. The van der Waals surface area contributed by atoms with E-state index in [4.69, 9.17) is 23.2 Å². The van der Waals surface area contributed by atoms with Gasteiger partial charge in [0, 0.05) is 16.6 Å². The molecule has 112 valence electrons. The van der Waals surface area contributed by atoms with Crippen LogP contribution in [0.1, 0.15) is 6.92 Å². The number of hydrogen-bond acceptors (Lipinski definition) is 3. The van der Waals surface area contributed by atoms with E-state index in [1.807, 2.05) is 6.92 Å². The van der Waals surface area contributed by atoms with Crippen molar-refractivity contribution in [3.63, 3.8) is 0 Å². The molecule has 0 aliphatic carbocycles. The standard InChI is InChI=1S/C14H14Cl2N2O2S/c1-2-17-13-5-3-4-6-14(13)21(19,20)18-12-8-10(15)7-11(16)9-12/h3-9,17-18H,2H2,1H3. The van der Waals surface area contributed by atoms with E-state index in [2.05, 4.69) is 10.0 Å². The quantitative estimate of drug-likeness (QED) is 0.853. The first-order valence-corrected chi connectivity index (χ1v) is 8.48. The second-order valence-electron chi connectivity index (χ2n) is 4.29. The zero-order valence-corrected chi connectivity index (χ0v) is 13.6. The van der Waals surface area contributed by atoms with Crippen LogP contribution in [0.2, 0.25) is 10.0 Å². The van der Waals surface area contributed by atoms with E-state index in [-0.39, 0.29) is 4.90 Å². The molecular weight excluding hydrogens is 331 g/mol. The van der Waals surface area contributed by atoms with Crippen LogP contribution in [-0.2, 0) is 10.0 Å². The molecule has 0 bridgehead atoms. The Hall–Kier alpha value is -1.43. The number of rotatable bonds is 5. The molecule has 2 aromatic carbocycles. The van der Waals surface area contributed by atoms with Crippen molar-refractivity contribution in [1.82, 2.24) is 0 Å². The topological polar surface area (TPSA) is 58.2 Å². The highest BCUT2D eigenvalue weighted by molar-refractivity contribution is 7.92. The van der Waals surface area contributed by atoms with E-state index in [9.17, 15) is 8.42 Å². The molecule has 0 saturated carbocycles. The zero-order chi connectivity index (χ0) is 15.5. The predicted molar refractivity (Wildman–Crippen MR) is 87.9 cm³/mol. The van der Waals surface area contributed by atoms with Crippen LogP contribution >= 0.6 is 23.2 Å². The van der Waals surface area contributed by atoms with Crippen molar-refractivity contribution in [2.75, 3.05) is 16.6 Å². The Kier molecular flexibility index (Phi) is 4.98. The number of halogens is 2. The zero-order valence-electron chi connectivity index (χ0n) is 11.2. The average Bonchev–Trinajstić information content (AvgIpc) is 2.37. The lowest BCUT2D eigenvalue weighted by molar-refractivity contribution is 0.601. The summed E-state index contributed by atoms with van der Waals surface area (Å²) < 4.78 is 27.4. The minimum absolute atomic E-state index is 0.169. The SMILES string of the molecule is CCNc1ccccc1S(=O)(=O)Nc1cc(Cl)cc(Cl)c1. The van der Waals surface area contributed by atoms with Crippen molar-refractivity contribution >= 4 is 44.6 Å². The first-order chi connectivity index (χ1) is 9.92. The highest BCUT2D eigenvalue weighted by Gasteiger charge is 2.18. The number of sulfonamides is 1. The smallest absolute Gasteiger partial charge is 0.263 e. The van der Waals surface area contributed by atoms with Gasteiger partial charge in [-0.25, -0.2) is 8.42 Å². The van der Waals surface area contributed by atoms with E-state index in [1.165, 1.54) is 24.3 Å². The van der Waals surface area contributed by atoms with E-state index >= 15 is 0 Å². The monoisotopic (exact) mass is 344 g/mol. The van der Waals surface area contributed by atoms with E-state index in [1.54, 1.807) is 18.2 Å². The molecule has 0 heterocycles. The summed E-state index contributed by atoms with van der Waals surface area (Å²) in [5, 5.41) is 3.74. The first-order valence-electron chi connectivity index (χ1n) is 6.24. The minimum atomic E-state index is -3.73. The molecular formula is C14H14Cl2N2O2S. The van der Waals surface area contributed by atoms with Crippen molar-refractivity contribution in [3.05, 3.63) is 52.5 Å². The third-order valence-corrected chi connectivity index (χ3v) is 4.53. The van der Waals surface area contributed by atoms with Gasteiger partial charge in [-0.05, 0) is 37.3 Å². The summed E-state index contributed by atoms with van der Waals surface area (Å²) in [6.07, 6.45) is 0. The third kappa shape index (κ3) is 4.03. The highest BCUT2D eigenvalue weighted by Crippen LogP contribution is 2.27. The normalized spacial score (nSPS) is 11.2. The van der Waals surface area contributed by atoms with Crippen molar-refractivity contribution in [2.24, 2.45) is 0 Å². The highest BCUT2D eigenvalue weighted by atomic mass is 35.5. The molecule has 0 amide bonds. The number of anilines is 2. The number of nitrogens with one attached hydrogen (secondary N) is 2. The van der Waals surface area contributed by atoms with Gasteiger partial charge >= 0.3 is 0 Å². The van der Waals surface area contributed by atoms with E-state index < -0.39 is 10.0 Å². The molecule has 0 aliphatic rings. The van der Waals surface area contributed by atoms with Gasteiger partial charge in [-0.15, -0.1) is 0 Å². The van der Waals surface area contributed by atoms with E-state index in [0.717, 1.165) is 0 Å². The van der Waals surface area contributed by atoms with Crippen molar-refractivity contribution in [3.8, 4) is 0 Å². The Morgan fingerprint density at radius 1 is 1.05 bits per heavy atom. The van der Waals surface area contributed by atoms with Gasteiger partial charge in [-0.2, -0.15) is 0 Å². The lowest BCUT2D eigenvalue weighted by Crippen LogP contribution is -2.15. The van der Waals surface area contributed by atoms with Crippen LogP contribution in [0.15, 0.2) is 47.4 Å². The van der Waals surface area contributed by atoms with Crippen molar-refractivity contribution in [1.29, 1.82) is 0 Å². The molecule has 0 atom stereocenters. The largest absolute Gasteiger partial charge is 0.384 e. The van der Waals surface area contributed by atoms with Gasteiger partial charge in [-0.3, -0.25) is 4.72 Å². The fourth-order valence-electron chi connectivity index (χ4n) is 1.86. The summed E-state index contributed by atoms with van der Waals surface area (Å²) in [5.74, 6) is 0. The summed E-state index contributed by atoms with van der Waals surface area (Å²) in [6.45, 7) is 2.52. The van der Waals surface area contributed by atoms with Gasteiger partial charge in [0.2, 0.25) is 0 Å². The summed E-state index contributed by atoms with van der Waals surface area (Å²) in [6, 6.07) is 11.2. The van der Waals surface area contributed by atoms with Crippen LogP contribution in [0.3, 0.4) is 0 Å². The molecule has 0 fully saturated rings. The molecule has 0 radical (unpaired) electrons. The summed E-state index contributed by atoms with van der Waals surface area (Å²) in [5.41, 5.74) is 0.861. The van der Waals surface area contributed by atoms with Crippen LogP contribution in [0.25, 0.3) is 0 Å². The molecule has 21 heavy (non-hydrogen) atoms. The summed E-state index contributed by atoms with van der Waals surface area (Å²) >= 11 is 11.7. The maximum absolute atomic E-state index is 12.5. The van der Waals surface area contributed by atoms with Gasteiger partial charge in [0.1, 0.15) is 4.90 Å². The second-order valence-corrected chi connectivity index (χ2v) is 6.81. The Labute approximate surface area is 134 Å². The predicted octanol–water partition coefficient (Wildman–Crippen LogP) is 4.23. The molecule has 0 aromatic heterocycles. The molecule has 2 aromatic rings. The summed E-state index contributed by atoms with van der Waals surface area (Å²) in [4.78, 5) is 0.169. The van der Waals surface area contributed by atoms with Crippen LogP contribution in [0.5, 0.6) is 0 Å². The Bertz CT molecular complexity index is 728. The molecule has 0 unspecified atom stereocenters. The van der Waals surface area contributed by atoms with Gasteiger partial charge in [0.15, 0.2) is 0 Å². The first kappa shape index (κ1) is 15.9. The fraction of sp³-hybridized carbons (Fsp3) is 0.143. The molecule has 4 nitrogen and oxygen atoms in total. The van der Waals surface area contributed by atoms with Crippen LogP contribution < -0.4 is 10.0 Å². The molecule has 2 rings (SSSR count). The van der Waals surface area contributed by atoms with Gasteiger partial charge in [0.25, 0.3) is 10.0 Å². The Balaban J connectivity index is 2.38. The Morgan fingerprint density at radius 3 is 2.29 bits per heavy atom. The Morgan fingerprint density at radius 2 is 1.67 bits per heavy atom. The fourth-order valence-corrected chi connectivity index (χ4v) is 3.61. The van der Waals surface area contributed by atoms with Crippen molar-refractivity contribution < 1.29 is 8.42 Å². The lowest BCUT2D eigenvalue weighted by Gasteiger charge is -2.13. The molecule has 7 heteroatoms. The van der Waals surface area contributed by atoms with Gasteiger partial charge < -0.3 is 5.32 Å². The van der Waals surface area contributed by atoms with Crippen LogP contribution in [0.4, 0.5) is 11.4 Å². The number of hydrogen-bond donors (Lipinski definition) is 2. The molecule has 0 aliphatic heterocycles. The van der Waals surface area contributed by atoms with Crippen molar-refractivity contribution in [2.45, 2.75) is 11.8 Å². The second kappa shape index (κ2) is 6.56. The summed E-state index contributed by atoms with van der Waals surface area (Å²) in [7, 11) is -3.73. The maximum atomic E-state index is 12.5. The third-order valence-electron chi connectivity index (χ3n) is 2.66. The average molecular weight is 345 g/mol. The molecule has 0 saturated heterocycles. The van der Waals surface area contributed by atoms with Gasteiger partial charge in [-0.1, -0.05) is 35.3 Å². The molecule has 2 N–H and O–H groups in total. The van der Waals surface area contributed by atoms with Crippen LogP contribution in [0, 0.1) is 0 Å². The lowest BCUT2D eigenvalue weighted by atomic mass is 10.3. The van der Waals surface area contributed by atoms with Crippen LogP contribution in [-0.4, -0.2) is 15.0 Å². The minimum Gasteiger partial charge on any atom is -0.384 e. The number of benzene rings is 2. The molecule has 0 spiro atoms. The van der Waals surface area contributed by atoms with Gasteiger partial charge in [0.05, 0.1) is 11.4 Å². The van der Waals surface area contributed by atoms with E-state index in [0.29, 0.717) is 28.0 Å².